The van der Waals surface area contributed by atoms with Crippen molar-refractivity contribution >= 4 is 11.8 Å². The van der Waals surface area contributed by atoms with Crippen molar-refractivity contribution in [3.05, 3.63) is 11.8 Å². The van der Waals surface area contributed by atoms with E-state index in [-0.39, 0.29) is 0 Å². The zero-order valence-electron chi connectivity index (χ0n) is 10.7. The van der Waals surface area contributed by atoms with Crippen molar-refractivity contribution in [1.82, 2.24) is 30.4 Å². The van der Waals surface area contributed by atoms with Crippen LogP contribution in [0.1, 0.15) is 32.6 Å². The molecule has 0 atom stereocenters. The molecule has 0 radical (unpaired) electrons. The summed E-state index contributed by atoms with van der Waals surface area (Å²) in [5, 5.41) is 20.3. The van der Waals surface area contributed by atoms with Crippen LogP contribution in [0.2, 0.25) is 0 Å². The highest BCUT2D eigenvalue weighted by Crippen LogP contribution is 2.19. The Labute approximate surface area is 109 Å². The zero-order chi connectivity index (χ0) is 13.0. The number of nitrogens with zero attached hydrogens (tertiary/aromatic N) is 6. The van der Waals surface area contributed by atoms with Crippen LogP contribution in [0.3, 0.4) is 0 Å². The molecule has 0 N–H and O–H groups in total. The lowest BCUT2D eigenvalue weighted by atomic mass is 10.2. The van der Waals surface area contributed by atoms with Gasteiger partial charge in [-0.2, -0.15) is 0 Å². The summed E-state index contributed by atoms with van der Waals surface area (Å²) in [5.41, 5.74) is 0. The largest absolute Gasteiger partial charge is 0.424 e. The van der Waals surface area contributed by atoms with Gasteiger partial charge in [0.05, 0.1) is 5.75 Å². The highest BCUT2D eigenvalue weighted by molar-refractivity contribution is 7.98. The van der Waals surface area contributed by atoms with E-state index in [4.69, 9.17) is 4.42 Å². The predicted octanol–water partition coefficient (Wildman–Crippen LogP) is 1.57. The third-order valence-electron chi connectivity index (χ3n) is 2.17. The molecule has 0 aliphatic heterocycles. The summed E-state index contributed by atoms with van der Waals surface area (Å²) < 4.78 is 7.23. The molecule has 0 amide bonds. The van der Waals surface area contributed by atoms with E-state index in [0.29, 0.717) is 23.5 Å². The molecule has 7 nitrogen and oxygen atoms in total. The number of tetrazole rings is 1. The van der Waals surface area contributed by atoms with Gasteiger partial charge >= 0.3 is 0 Å². The number of thioether (sulfide) groups is 1. The summed E-state index contributed by atoms with van der Waals surface area (Å²) in [6.07, 6.45) is 0.753. The SMILES string of the molecule is CCc1nnc(CSc2nnnn2CC(C)C)o1. The zero-order valence-corrected chi connectivity index (χ0v) is 11.5. The smallest absolute Gasteiger partial charge is 0.226 e. The summed E-state index contributed by atoms with van der Waals surface area (Å²) in [4.78, 5) is 0. The van der Waals surface area contributed by atoms with Gasteiger partial charge in [-0.05, 0) is 16.3 Å². The van der Waals surface area contributed by atoms with Crippen LogP contribution in [0.15, 0.2) is 9.57 Å². The molecule has 0 unspecified atom stereocenters. The summed E-state index contributed by atoms with van der Waals surface area (Å²) in [6, 6.07) is 0. The first-order valence-electron chi connectivity index (χ1n) is 5.89. The molecule has 2 rings (SSSR count). The van der Waals surface area contributed by atoms with Crippen LogP contribution in [0, 0.1) is 5.92 Å². The summed E-state index contributed by atoms with van der Waals surface area (Å²) in [6.45, 7) is 7.04. The van der Waals surface area contributed by atoms with Crippen molar-refractivity contribution in [2.75, 3.05) is 0 Å². The molecule has 0 spiro atoms. The van der Waals surface area contributed by atoms with E-state index in [2.05, 4.69) is 39.6 Å². The second kappa shape index (κ2) is 5.94. The quantitative estimate of drug-likeness (QED) is 0.735. The minimum atomic E-state index is 0.503. The van der Waals surface area contributed by atoms with Gasteiger partial charge in [0, 0.05) is 13.0 Å². The van der Waals surface area contributed by atoms with Crippen LogP contribution in [0.4, 0.5) is 0 Å². The first-order valence-corrected chi connectivity index (χ1v) is 6.87. The molecule has 0 saturated carbocycles. The molecule has 98 valence electrons. The summed E-state index contributed by atoms with van der Waals surface area (Å²) in [7, 11) is 0. The fraction of sp³-hybridized carbons (Fsp3) is 0.700. The second-order valence-corrected chi connectivity index (χ2v) is 5.21. The molecule has 0 saturated heterocycles. The molecule has 0 aliphatic rings. The Morgan fingerprint density at radius 3 is 2.67 bits per heavy atom. The van der Waals surface area contributed by atoms with Gasteiger partial charge in [0.1, 0.15) is 0 Å². The number of hydrogen-bond acceptors (Lipinski definition) is 7. The lowest BCUT2D eigenvalue weighted by molar-refractivity contribution is 0.445. The van der Waals surface area contributed by atoms with Gasteiger partial charge in [0.25, 0.3) is 0 Å². The Balaban J connectivity index is 1.95. The Kier molecular flexibility index (Phi) is 4.29. The maximum absolute atomic E-state index is 5.43. The van der Waals surface area contributed by atoms with Crippen LogP contribution in [-0.4, -0.2) is 30.4 Å². The molecule has 8 heteroatoms. The highest BCUT2D eigenvalue weighted by Gasteiger charge is 2.11. The van der Waals surface area contributed by atoms with Crippen LogP contribution in [0.25, 0.3) is 0 Å². The highest BCUT2D eigenvalue weighted by atomic mass is 32.2. The third-order valence-corrected chi connectivity index (χ3v) is 3.11. The molecule has 0 fully saturated rings. The fourth-order valence-corrected chi connectivity index (χ4v) is 2.10. The van der Waals surface area contributed by atoms with Crippen LogP contribution >= 0.6 is 11.8 Å². The van der Waals surface area contributed by atoms with Crippen molar-refractivity contribution in [2.45, 2.75) is 44.6 Å². The Morgan fingerprint density at radius 2 is 2.00 bits per heavy atom. The van der Waals surface area contributed by atoms with Crippen molar-refractivity contribution < 1.29 is 4.42 Å². The lowest BCUT2D eigenvalue weighted by Crippen LogP contribution is -2.07. The Morgan fingerprint density at radius 1 is 1.22 bits per heavy atom. The second-order valence-electron chi connectivity index (χ2n) is 4.27. The van der Waals surface area contributed by atoms with Crippen LogP contribution in [0.5, 0.6) is 0 Å². The minimum absolute atomic E-state index is 0.503. The van der Waals surface area contributed by atoms with Crippen molar-refractivity contribution in [2.24, 2.45) is 5.92 Å². The van der Waals surface area contributed by atoms with E-state index in [9.17, 15) is 0 Å². The topological polar surface area (TPSA) is 82.5 Å². The normalized spacial score (nSPS) is 11.3. The van der Waals surface area contributed by atoms with Gasteiger partial charge in [-0.15, -0.1) is 15.3 Å². The molecule has 2 heterocycles. The molecule has 18 heavy (non-hydrogen) atoms. The average Bonchev–Trinajstić information content (AvgIpc) is 2.94. The van der Waals surface area contributed by atoms with E-state index in [1.807, 2.05) is 6.92 Å². The van der Waals surface area contributed by atoms with Gasteiger partial charge in [-0.25, -0.2) is 4.68 Å². The van der Waals surface area contributed by atoms with Gasteiger partial charge in [0.15, 0.2) is 0 Å². The van der Waals surface area contributed by atoms with Crippen molar-refractivity contribution in [3.8, 4) is 0 Å². The standard InChI is InChI=1S/C10H16N6OS/c1-4-8-11-12-9(17-8)6-18-10-13-14-15-16(10)5-7(2)3/h7H,4-6H2,1-3H3. The molecule has 0 bridgehead atoms. The summed E-state index contributed by atoms with van der Waals surface area (Å²) in [5.74, 6) is 2.36. The van der Waals surface area contributed by atoms with E-state index >= 15 is 0 Å². The number of rotatable bonds is 6. The Bertz CT molecular complexity index is 494. The van der Waals surface area contributed by atoms with Crippen molar-refractivity contribution in [1.29, 1.82) is 0 Å². The number of hydrogen-bond donors (Lipinski definition) is 0. The number of aryl methyl sites for hydroxylation is 1. The average molecular weight is 268 g/mol. The predicted molar refractivity (Wildman–Crippen MR) is 65.9 cm³/mol. The van der Waals surface area contributed by atoms with E-state index in [1.165, 1.54) is 11.8 Å². The van der Waals surface area contributed by atoms with E-state index in [0.717, 1.165) is 18.1 Å². The van der Waals surface area contributed by atoms with Gasteiger partial charge in [0.2, 0.25) is 16.9 Å². The first-order chi connectivity index (χ1) is 8.69. The monoisotopic (exact) mass is 268 g/mol. The maximum Gasteiger partial charge on any atom is 0.226 e. The molecular formula is C10H16N6OS. The molecular weight excluding hydrogens is 252 g/mol. The fourth-order valence-electron chi connectivity index (χ4n) is 1.38. The summed E-state index contributed by atoms with van der Waals surface area (Å²) >= 11 is 1.50. The first kappa shape index (κ1) is 13.0. The van der Waals surface area contributed by atoms with Gasteiger partial charge < -0.3 is 4.42 Å². The third kappa shape index (κ3) is 3.28. The molecule has 0 aromatic carbocycles. The lowest BCUT2D eigenvalue weighted by Gasteiger charge is -2.05. The Hall–Kier alpha value is -1.44. The van der Waals surface area contributed by atoms with Gasteiger partial charge in [-0.3, -0.25) is 0 Å². The minimum Gasteiger partial charge on any atom is -0.424 e. The van der Waals surface area contributed by atoms with E-state index < -0.39 is 0 Å². The molecule has 2 aromatic rings. The molecule has 0 aliphatic carbocycles. The van der Waals surface area contributed by atoms with Crippen LogP contribution in [-0.2, 0) is 18.7 Å². The van der Waals surface area contributed by atoms with Gasteiger partial charge in [-0.1, -0.05) is 32.5 Å². The van der Waals surface area contributed by atoms with Crippen molar-refractivity contribution in [3.63, 3.8) is 0 Å². The number of aromatic nitrogens is 6. The maximum atomic E-state index is 5.43. The van der Waals surface area contributed by atoms with E-state index in [1.54, 1.807) is 4.68 Å². The molecule has 2 aromatic heterocycles. The van der Waals surface area contributed by atoms with Crippen LogP contribution < -0.4 is 0 Å².